The van der Waals surface area contributed by atoms with Gasteiger partial charge >= 0.3 is 0 Å². The van der Waals surface area contributed by atoms with Gasteiger partial charge in [0, 0.05) is 13.2 Å². The summed E-state index contributed by atoms with van der Waals surface area (Å²) in [4.78, 5) is 0. The molecular weight excluding hydrogens is 128 g/mol. The van der Waals surface area contributed by atoms with Crippen molar-refractivity contribution < 1.29 is 9.47 Å². The van der Waals surface area contributed by atoms with Crippen molar-refractivity contribution in [3.8, 4) is 0 Å². The second kappa shape index (κ2) is 3.94. The van der Waals surface area contributed by atoms with Gasteiger partial charge in [0.15, 0.2) is 0 Å². The van der Waals surface area contributed by atoms with E-state index in [4.69, 9.17) is 9.47 Å². The highest BCUT2D eigenvalue weighted by molar-refractivity contribution is 4.62. The van der Waals surface area contributed by atoms with Gasteiger partial charge in [0.2, 0.25) is 0 Å². The molecule has 0 spiro atoms. The lowest BCUT2D eigenvalue weighted by atomic mass is 10.2. The number of rotatable bonds is 3. The predicted molar refractivity (Wildman–Crippen MR) is 40.0 cm³/mol. The summed E-state index contributed by atoms with van der Waals surface area (Å²) < 4.78 is 10.7. The molecule has 1 aliphatic rings. The first kappa shape index (κ1) is 8.02. The Morgan fingerprint density at radius 2 is 2.40 bits per heavy atom. The number of ether oxygens (including phenoxy) is 2. The lowest BCUT2D eigenvalue weighted by Crippen LogP contribution is -2.15. The van der Waals surface area contributed by atoms with Crippen molar-refractivity contribution in [3.63, 3.8) is 0 Å². The van der Waals surface area contributed by atoms with Crippen LogP contribution in [0.25, 0.3) is 0 Å². The van der Waals surface area contributed by atoms with Crippen molar-refractivity contribution >= 4 is 0 Å². The fourth-order valence-electron chi connectivity index (χ4n) is 0.973. The van der Waals surface area contributed by atoms with Crippen molar-refractivity contribution in [1.82, 2.24) is 0 Å². The SMILES string of the molecule is CC(C)CO[C@H]1CCOC1. The minimum absolute atomic E-state index is 0.377. The second-order valence-corrected chi connectivity index (χ2v) is 3.21. The van der Waals surface area contributed by atoms with E-state index in [-0.39, 0.29) is 0 Å². The van der Waals surface area contributed by atoms with E-state index >= 15 is 0 Å². The molecule has 1 saturated heterocycles. The van der Waals surface area contributed by atoms with Crippen LogP contribution in [0.3, 0.4) is 0 Å². The van der Waals surface area contributed by atoms with Gasteiger partial charge in [0.1, 0.15) is 0 Å². The molecule has 10 heavy (non-hydrogen) atoms. The van der Waals surface area contributed by atoms with Gasteiger partial charge in [-0.3, -0.25) is 0 Å². The summed E-state index contributed by atoms with van der Waals surface area (Å²) in [6.45, 7) is 6.87. The molecule has 0 N–H and O–H groups in total. The quantitative estimate of drug-likeness (QED) is 0.597. The van der Waals surface area contributed by atoms with Crippen molar-refractivity contribution in [1.29, 1.82) is 0 Å². The zero-order chi connectivity index (χ0) is 7.40. The normalized spacial score (nSPS) is 26.1. The third kappa shape index (κ3) is 2.67. The van der Waals surface area contributed by atoms with Crippen LogP contribution in [-0.4, -0.2) is 25.9 Å². The molecule has 1 heterocycles. The topological polar surface area (TPSA) is 18.5 Å². The summed E-state index contributed by atoms with van der Waals surface area (Å²) in [7, 11) is 0. The van der Waals surface area contributed by atoms with Crippen LogP contribution in [0.4, 0.5) is 0 Å². The minimum atomic E-state index is 0.377. The summed E-state index contributed by atoms with van der Waals surface area (Å²) in [6, 6.07) is 0. The van der Waals surface area contributed by atoms with Crippen LogP contribution in [0.15, 0.2) is 0 Å². The van der Waals surface area contributed by atoms with E-state index in [1.165, 1.54) is 0 Å². The Balaban J connectivity index is 2.01. The van der Waals surface area contributed by atoms with E-state index in [0.29, 0.717) is 12.0 Å². The molecule has 2 heteroatoms. The number of hydrogen-bond donors (Lipinski definition) is 0. The highest BCUT2D eigenvalue weighted by Gasteiger charge is 2.15. The molecule has 1 fully saturated rings. The molecule has 1 atom stereocenters. The summed E-state index contributed by atoms with van der Waals surface area (Å²) >= 11 is 0. The Hall–Kier alpha value is -0.0800. The highest BCUT2D eigenvalue weighted by atomic mass is 16.5. The van der Waals surface area contributed by atoms with Crippen LogP contribution in [0, 0.1) is 5.92 Å². The van der Waals surface area contributed by atoms with Gasteiger partial charge in [-0.1, -0.05) is 13.8 Å². The minimum Gasteiger partial charge on any atom is -0.379 e. The summed E-state index contributed by atoms with van der Waals surface area (Å²) in [5.41, 5.74) is 0. The molecule has 0 amide bonds. The zero-order valence-electron chi connectivity index (χ0n) is 6.80. The largest absolute Gasteiger partial charge is 0.379 e. The monoisotopic (exact) mass is 144 g/mol. The third-order valence-corrected chi connectivity index (χ3v) is 1.55. The fraction of sp³-hybridized carbons (Fsp3) is 1.00. The zero-order valence-corrected chi connectivity index (χ0v) is 6.80. The van der Waals surface area contributed by atoms with Gasteiger partial charge in [-0.15, -0.1) is 0 Å². The van der Waals surface area contributed by atoms with Gasteiger partial charge in [-0.05, 0) is 12.3 Å². The Morgan fingerprint density at radius 1 is 1.60 bits per heavy atom. The maximum atomic E-state index is 5.54. The smallest absolute Gasteiger partial charge is 0.0830 e. The standard InChI is InChI=1S/C8H16O2/c1-7(2)5-10-8-3-4-9-6-8/h7-8H,3-6H2,1-2H3/t8-/m0/s1. The van der Waals surface area contributed by atoms with Crippen molar-refractivity contribution in [2.45, 2.75) is 26.4 Å². The fourth-order valence-corrected chi connectivity index (χ4v) is 0.973. The Morgan fingerprint density at radius 3 is 2.90 bits per heavy atom. The van der Waals surface area contributed by atoms with Crippen molar-refractivity contribution in [3.05, 3.63) is 0 Å². The first-order valence-electron chi connectivity index (χ1n) is 3.98. The van der Waals surface area contributed by atoms with Gasteiger partial charge in [-0.2, -0.15) is 0 Å². The first-order valence-corrected chi connectivity index (χ1v) is 3.98. The first-order chi connectivity index (χ1) is 4.79. The molecule has 0 unspecified atom stereocenters. The molecule has 0 bridgehead atoms. The van der Waals surface area contributed by atoms with Gasteiger partial charge < -0.3 is 9.47 Å². The van der Waals surface area contributed by atoms with Crippen LogP contribution in [0.5, 0.6) is 0 Å². The van der Waals surface area contributed by atoms with Crippen molar-refractivity contribution in [2.24, 2.45) is 5.92 Å². The average Bonchev–Trinajstić information content (AvgIpc) is 2.34. The third-order valence-electron chi connectivity index (χ3n) is 1.55. The molecule has 0 radical (unpaired) electrons. The second-order valence-electron chi connectivity index (χ2n) is 3.21. The highest BCUT2D eigenvalue weighted by Crippen LogP contribution is 2.09. The summed E-state index contributed by atoms with van der Waals surface area (Å²) in [5, 5.41) is 0. The molecule has 0 aromatic rings. The molecule has 60 valence electrons. The molecule has 0 aromatic carbocycles. The van der Waals surface area contributed by atoms with Gasteiger partial charge in [0.05, 0.1) is 12.7 Å². The lowest BCUT2D eigenvalue weighted by Gasteiger charge is -2.10. The Bertz CT molecular complexity index is 85.3. The average molecular weight is 144 g/mol. The van der Waals surface area contributed by atoms with Crippen LogP contribution in [0.1, 0.15) is 20.3 Å². The number of hydrogen-bond acceptors (Lipinski definition) is 2. The Kier molecular flexibility index (Phi) is 3.16. The van der Waals surface area contributed by atoms with Crippen LogP contribution in [-0.2, 0) is 9.47 Å². The van der Waals surface area contributed by atoms with Crippen LogP contribution >= 0.6 is 0 Å². The van der Waals surface area contributed by atoms with Crippen molar-refractivity contribution in [2.75, 3.05) is 19.8 Å². The maximum Gasteiger partial charge on any atom is 0.0830 e. The van der Waals surface area contributed by atoms with E-state index in [1.54, 1.807) is 0 Å². The molecule has 2 nitrogen and oxygen atoms in total. The molecule has 1 aliphatic heterocycles. The van der Waals surface area contributed by atoms with E-state index in [2.05, 4.69) is 13.8 Å². The lowest BCUT2D eigenvalue weighted by molar-refractivity contribution is 0.0280. The van der Waals surface area contributed by atoms with Gasteiger partial charge in [0.25, 0.3) is 0 Å². The molecule has 1 rings (SSSR count). The van der Waals surface area contributed by atoms with E-state index < -0.39 is 0 Å². The van der Waals surface area contributed by atoms with E-state index in [9.17, 15) is 0 Å². The Labute approximate surface area is 62.5 Å². The van der Waals surface area contributed by atoms with Crippen LogP contribution < -0.4 is 0 Å². The maximum absolute atomic E-state index is 5.54. The van der Waals surface area contributed by atoms with Crippen LogP contribution in [0.2, 0.25) is 0 Å². The predicted octanol–water partition coefficient (Wildman–Crippen LogP) is 1.45. The molecular formula is C8H16O2. The molecule has 0 aromatic heterocycles. The van der Waals surface area contributed by atoms with Gasteiger partial charge in [-0.25, -0.2) is 0 Å². The van der Waals surface area contributed by atoms with E-state index in [0.717, 1.165) is 26.2 Å². The summed E-state index contributed by atoms with van der Waals surface area (Å²) in [5.74, 6) is 0.639. The molecule has 0 saturated carbocycles. The summed E-state index contributed by atoms with van der Waals surface area (Å²) in [6.07, 6.45) is 1.45. The molecule has 0 aliphatic carbocycles. The van der Waals surface area contributed by atoms with E-state index in [1.807, 2.05) is 0 Å².